The van der Waals surface area contributed by atoms with Gasteiger partial charge in [-0.25, -0.2) is 9.59 Å². The van der Waals surface area contributed by atoms with Gasteiger partial charge in [-0.3, -0.25) is 0 Å². The predicted octanol–water partition coefficient (Wildman–Crippen LogP) is 0.679. The Balaban J connectivity index is 2.49. The van der Waals surface area contributed by atoms with E-state index in [1.807, 2.05) is 0 Å². The highest BCUT2D eigenvalue weighted by Crippen LogP contribution is 2.03. The third-order valence-corrected chi connectivity index (χ3v) is 2.37. The van der Waals surface area contributed by atoms with Gasteiger partial charge in [0.1, 0.15) is 18.0 Å². The second-order valence-corrected chi connectivity index (χ2v) is 3.52. The number of carboxylic acids is 1. The molecule has 1 heterocycles. The minimum absolute atomic E-state index is 0.204. The van der Waals surface area contributed by atoms with E-state index < -0.39 is 18.0 Å². The molecule has 0 aliphatic rings. The number of carbonyl (C=O) groups is 2. The van der Waals surface area contributed by atoms with Crippen LogP contribution in [0.5, 0.6) is 0 Å². The number of hydrogen-bond donors (Lipinski definition) is 2. The highest BCUT2D eigenvalue weighted by molar-refractivity contribution is 5.82. The number of hydrogen-bond acceptors (Lipinski definition) is 4. The summed E-state index contributed by atoms with van der Waals surface area (Å²) in [4.78, 5) is 23.7. The monoisotopic (exact) mass is 241 g/mol. The van der Waals surface area contributed by atoms with Gasteiger partial charge < -0.3 is 19.8 Å². The van der Waals surface area contributed by atoms with Crippen LogP contribution in [-0.2, 0) is 11.3 Å². The van der Waals surface area contributed by atoms with Gasteiger partial charge in [0.2, 0.25) is 0 Å². The summed E-state index contributed by atoms with van der Waals surface area (Å²) in [5.41, 5.74) is 0.579. The molecular formula is C10H15N3O4. The van der Waals surface area contributed by atoms with Gasteiger partial charge in [-0.05, 0) is 6.42 Å². The van der Waals surface area contributed by atoms with Gasteiger partial charge in [0.25, 0.3) is 0 Å². The topological polar surface area (TPSA) is 95.7 Å². The van der Waals surface area contributed by atoms with Crippen molar-refractivity contribution in [3.8, 4) is 0 Å². The first-order chi connectivity index (χ1) is 8.06. The van der Waals surface area contributed by atoms with E-state index in [9.17, 15) is 9.59 Å². The zero-order chi connectivity index (χ0) is 12.8. The number of nitrogens with one attached hydrogen (secondary N) is 1. The molecule has 0 saturated carbocycles. The Hall–Kier alpha value is -2.05. The fourth-order valence-corrected chi connectivity index (χ4v) is 1.38. The molecule has 0 spiro atoms. The smallest absolute Gasteiger partial charge is 0.326 e. The van der Waals surface area contributed by atoms with Gasteiger partial charge in [0.15, 0.2) is 0 Å². The summed E-state index contributed by atoms with van der Waals surface area (Å²) in [6.45, 7) is 1.91. The Labute approximate surface area is 98.4 Å². The average Bonchev–Trinajstić information content (AvgIpc) is 2.78. The number of amides is 2. The second kappa shape index (κ2) is 5.88. The van der Waals surface area contributed by atoms with Crippen LogP contribution in [0.25, 0.3) is 0 Å². The molecule has 0 bridgehead atoms. The Kier molecular flexibility index (Phi) is 4.50. The largest absolute Gasteiger partial charge is 0.480 e. The van der Waals surface area contributed by atoms with Gasteiger partial charge in [0.05, 0.1) is 6.54 Å². The van der Waals surface area contributed by atoms with Crippen LogP contribution in [0.3, 0.4) is 0 Å². The van der Waals surface area contributed by atoms with Crippen LogP contribution in [0.4, 0.5) is 4.79 Å². The molecule has 7 nitrogen and oxygen atoms in total. The zero-order valence-electron chi connectivity index (χ0n) is 9.71. The van der Waals surface area contributed by atoms with E-state index in [0.29, 0.717) is 12.1 Å². The molecule has 0 aromatic carbocycles. The van der Waals surface area contributed by atoms with Gasteiger partial charge in [-0.2, -0.15) is 0 Å². The summed E-state index contributed by atoms with van der Waals surface area (Å²) in [6, 6.07) is 0.337. The normalized spacial score (nSPS) is 11.9. The van der Waals surface area contributed by atoms with Gasteiger partial charge in [-0.1, -0.05) is 12.1 Å². The Morgan fingerprint density at radius 2 is 2.35 bits per heavy atom. The van der Waals surface area contributed by atoms with E-state index in [2.05, 4.69) is 15.0 Å². The number of rotatable bonds is 5. The van der Waals surface area contributed by atoms with Gasteiger partial charge >= 0.3 is 12.0 Å². The molecule has 2 N–H and O–H groups in total. The summed E-state index contributed by atoms with van der Waals surface area (Å²) in [6.07, 6.45) is 1.75. The number of likely N-dealkylation sites (N-methyl/N-ethyl adjacent to an activating group) is 1. The van der Waals surface area contributed by atoms with Crippen molar-refractivity contribution in [2.45, 2.75) is 25.9 Å². The molecule has 0 aliphatic heterocycles. The van der Waals surface area contributed by atoms with Gasteiger partial charge in [0, 0.05) is 13.1 Å². The molecule has 1 atom stereocenters. The Bertz CT molecular complexity index is 377. The standard InChI is InChI=1S/C10H15N3O4/c1-3-8(9(14)15)13(2)10(16)11-6-7-4-5-17-12-7/h4-5,8H,3,6H2,1-2H3,(H,11,16)(H,14,15). The lowest BCUT2D eigenvalue weighted by Gasteiger charge is -2.23. The first-order valence-corrected chi connectivity index (χ1v) is 5.19. The van der Waals surface area contributed by atoms with E-state index in [-0.39, 0.29) is 6.54 Å². The van der Waals surface area contributed by atoms with Crippen molar-refractivity contribution in [3.63, 3.8) is 0 Å². The van der Waals surface area contributed by atoms with Crippen molar-refractivity contribution in [1.29, 1.82) is 0 Å². The summed E-state index contributed by atoms with van der Waals surface area (Å²) in [5, 5.41) is 15.1. The summed E-state index contributed by atoms with van der Waals surface area (Å²) in [7, 11) is 1.44. The first-order valence-electron chi connectivity index (χ1n) is 5.19. The summed E-state index contributed by atoms with van der Waals surface area (Å²) in [5.74, 6) is -1.02. The quantitative estimate of drug-likeness (QED) is 0.790. The highest BCUT2D eigenvalue weighted by Gasteiger charge is 2.24. The number of aliphatic carboxylic acids is 1. The molecule has 2 amide bonds. The molecular weight excluding hydrogens is 226 g/mol. The second-order valence-electron chi connectivity index (χ2n) is 3.52. The number of aromatic nitrogens is 1. The molecule has 0 aliphatic carbocycles. The van der Waals surface area contributed by atoms with E-state index in [1.54, 1.807) is 13.0 Å². The molecule has 7 heteroatoms. The molecule has 17 heavy (non-hydrogen) atoms. The average molecular weight is 241 g/mol. The molecule has 1 aromatic rings. The number of carboxylic acid groups (broad SMARTS) is 1. The lowest BCUT2D eigenvalue weighted by atomic mass is 10.2. The fraction of sp³-hybridized carbons (Fsp3) is 0.500. The molecule has 1 unspecified atom stereocenters. The molecule has 94 valence electrons. The maximum atomic E-state index is 11.6. The number of nitrogens with zero attached hydrogens (tertiary/aromatic N) is 2. The van der Waals surface area contributed by atoms with Crippen LogP contribution in [0, 0.1) is 0 Å². The predicted molar refractivity (Wildman–Crippen MR) is 58.2 cm³/mol. The third-order valence-electron chi connectivity index (χ3n) is 2.37. The maximum absolute atomic E-state index is 11.6. The van der Waals surface area contributed by atoms with Crippen LogP contribution in [-0.4, -0.2) is 40.3 Å². The summed E-state index contributed by atoms with van der Waals surface area (Å²) >= 11 is 0. The molecule has 0 fully saturated rings. The number of urea groups is 1. The Morgan fingerprint density at radius 1 is 1.65 bits per heavy atom. The van der Waals surface area contributed by atoms with Crippen molar-refractivity contribution in [1.82, 2.24) is 15.4 Å². The van der Waals surface area contributed by atoms with Gasteiger partial charge in [-0.15, -0.1) is 0 Å². The SMILES string of the molecule is CCC(C(=O)O)N(C)C(=O)NCc1ccon1. The van der Waals surface area contributed by atoms with Crippen molar-refractivity contribution >= 4 is 12.0 Å². The molecule has 1 rings (SSSR count). The van der Waals surface area contributed by atoms with Crippen LogP contribution >= 0.6 is 0 Å². The minimum Gasteiger partial charge on any atom is -0.480 e. The minimum atomic E-state index is -1.02. The van der Waals surface area contributed by atoms with Crippen LogP contribution in [0.2, 0.25) is 0 Å². The lowest BCUT2D eigenvalue weighted by molar-refractivity contribution is -0.141. The van der Waals surface area contributed by atoms with Crippen molar-refractivity contribution in [3.05, 3.63) is 18.0 Å². The molecule has 1 aromatic heterocycles. The fourth-order valence-electron chi connectivity index (χ4n) is 1.38. The van der Waals surface area contributed by atoms with Crippen LogP contribution in [0.1, 0.15) is 19.0 Å². The molecule has 0 saturated heterocycles. The highest BCUT2D eigenvalue weighted by atomic mass is 16.5. The maximum Gasteiger partial charge on any atom is 0.326 e. The Morgan fingerprint density at radius 3 is 2.82 bits per heavy atom. The molecule has 0 radical (unpaired) electrons. The van der Waals surface area contributed by atoms with Crippen molar-refractivity contribution in [2.75, 3.05) is 7.05 Å². The van der Waals surface area contributed by atoms with Crippen molar-refractivity contribution < 1.29 is 19.2 Å². The number of carbonyl (C=O) groups excluding carboxylic acids is 1. The van der Waals surface area contributed by atoms with Crippen molar-refractivity contribution in [2.24, 2.45) is 0 Å². The summed E-state index contributed by atoms with van der Waals surface area (Å²) < 4.78 is 4.61. The van der Waals surface area contributed by atoms with Crippen LogP contribution in [0.15, 0.2) is 16.9 Å². The first kappa shape index (κ1) is 13.0. The van der Waals surface area contributed by atoms with E-state index in [4.69, 9.17) is 5.11 Å². The van der Waals surface area contributed by atoms with E-state index >= 15 is 0 Å². The zero-order valence-corrected chi connectivity index (χ0v) is 9.71. The lowest BCUT2D eigenvalue weighted by Crippen LogP contribution is -2.46. The third kappa shape index (κ3) is 3.47. The van der Waals surface area contributed by atoms with Crippen LogP contribution < -0.4 is 5.32 Å². The van der Waals surface area contributed by atoms with E-state index in [0.717, 1.165) is 4.90 Å². The van der Waals surface area contributed by atoms with E-state index in [1.165, 1.54) is 13.3 Å².